The summed E-state index contributed by atoms with van der Waals surface area (Å²) in [6.45, 7) is 7.99. The predicted molar refractivity (Wildman–Crippen MR) is 95.8 cm³/mol. The lowest BCUT2D eigenvalue weighted by Crippen LogP contribution is -1.88. The first-order chi connectivity index (χ1) is 10.6. The minimum atomic E-state index is 1.05. The molecule has 0 unspecified atom stereocenters. The molecule has 0 N–H and O–H groups in total. The molecule has 0 aliphatic rings. The van der Waals surface area contributed by atoms with E-state index >= 15 is 0 Å². The van der Waals surface area contributed by atoms with Crippen molar-refractivity contribution in [3.8, 4) is 0 Å². The lowest BCUT2D eigenvalue weighted by Gasteiger charge is -2.04. The molecule has 0 fully saturated rings. The van der Waals surface area contributed by atoms with Crippen LogP contribution in [-0.4, -0.2) is 9.55 Å². The monoisotopic (exact) mass is 288 g/mol. The van der Waals surface area contributed by atoms with E-state index in [1.54, 1.807) is 0 Å². The molecule has 0 aliphatic heterocycles. The maximum Gasteiger partial charge on any atom is 0.0519 e. The van der Waals surface area contributed by atoms with Gasteiger partial charge in [-0.1, -0.05) is 42.5 Å². The summed E-state index contributed by atoms with van der Waals surface area (Å²) < 4.78 is 2.23. The molecule has 0 saturated heterocycles. The smallest absolute Gasteiger partial charge is 0.0519 e. The van der Waals surface area contributed by atoms with Crippen LogP contribution in [0.5, 0.6) is 0 Å². The van der Waals surface area contributed by atoms with Gasteiger partial charge in [-0.05, 0) is 37.1 Å². The van der Waals surface area contributed by atoms with Gasteiger partial charge in [0.1, 0.15) is 0 Å². The van der Waals surface area contributed by atoms with E-state index in [2.05, 4.69) is 66.5 Å². The summed E-state index contributed by atoms with van der Waals surface area (Å²) in [6, 6.07) is 8.67. The zero-order valence-electron chi connectivity index (χ0n) is 13.3. The number of hydrogen-bond donors (Lipinski definition) is 0. The standard InChI is InChI=1S/C20H20N2/c1-5-15(7-6-14(2)3)16-8-9-17-18-13-21-11-10-19(18)22(4)20(17)12-16/h5-13H,2H2,1,3-4H3/b7-6-,15-5+. The fourth-order valence-electron chi connectivity index (χ4n) is 2.82. The number of benzene rings is 1. The van der Waals surface area contributed by atoms with Crippen molar-refractivity contribution in [2.75, 3.05) is 0 Å². The SMILES string of the molecule is C=C(C)/C=C\C(=C/C)c1ccc2c3cnccc3n(C)c2c1. The average molecular weight is 288 g/mol. The molecule has 3 aromatic rings. The van der Waals surface area contributed by atoms with Gasteiger partial charge in [-0.3, -0.25) is 4.98 Å². The lowest BCUT2D eigenvalue weighted by molar-refractivity contribution is 1.01. The molecule has 0 aliphatic carbocycles. The Kier molecular flexibility index (Phi) is 3.68. The third-order valence-corrected chi connectivity index (χ3v) is 4.00. The topological polar surface area (TPSA) is 17.8 Å². The molecule has 0 radical (unpaired) electrons. The maximum atomic E-state index is 4.25. The first kappa shape index (κ1) is 14.3. The second kappa shape index (κ2) is 5.64. The number of allylic oxidation sites excluding steroid dienone is 5. The second-order valence-corrected chi connectivity index (χ2v) is 5.61. The van der Waals surface area contributed by atoms with E-state index < -0.39 is 0 Å². The molecular formula is C20H20N2. The van der Waals surface area contributed by atoms with Crippen LogP contribution in [0.4, 0.5) is 0 Å². The van der Waals surface area contributed by atoms with Gasteiger partial charge in [0, 0.05) is 35.7 Å². The summed E-state index contributed by atoms with van der Waals surface area (Å²) in [5, 5.41) is 2.44. The van der Waals surface area contributed by atoms with Crippen LogP contribution >= 0.6 is 0 Å². The van der Waals surface area contributed by atoms with Gasteiger partial charge < -0.3 is 4.57 Å². The van der Waals surface area contributed by atoms with Crippen molar-refractivity contribution in [2.45, 2.75) is 13.8 Å². The molecule has 2 heteroatoms. The van der Waals surface area contributed by atoms with Crippen LogP contribution in [0.15, 0.2) is 67.0 Å². The van der Waals surface area contributed by atoms with Crippen LogP contribution in [0.25, 0.3) is 27.4 Å². The second-order valence-electron chi connectivity index (χ2n) is 5.61. The van der Waals surface area contributed by atoms with Gasteiger partial charge in [0.15, 0.2) is 0 Å². The Bertz CT molecular complexity index is 923. The molecule has 22 heavy (non-hydrogen) atoms. The molecule has 3 rings (SSSR count). The van der Waals surface area contributed by atoms with E-state index in [9.17, 15) is 0 Å². The summed E-state index contributed by atoms with van der Waals surface area (Å²) in [6.07, 6.45) is 10.1. The van der Waals surface area contributed by atoms with Gasteiger partial charge >= 0.3 is 0 Å². The first-order valence-corrected chi connectivity index (χ1v) is 7.44. The predicted octanol–water partition coefficient (Wildman–Crippen LogP) is 5.26. The normalized spacial score (nSPS) is 12.6. The molecule has 0 spiro atoms. The van der Waals surface area contributed by atoms with Gasteiger partial charge in [-0.2, -0.15) is 0 Å². The molecule has 0 atom stereocenters. The highest BCUT2D eigenvalue weighted by Crippen LogP contribution is 2.30. The highest BCUT2D eigenvalue weighted by molar-refractivity contribution is 6.08. The van der Waals surface area contributed by atoms with Crippen molar-refractivity contribution >= 4 is 27.4 Å². The van der Waals surface area contributed by atoms with Crippen molar-refractivity contribution < 1.29 is 0 Å². The van der Waals surface area contributed by atoms with E-state index in [1.807, 2.05) is 25.4 Å². The molecule has 0 saturated carbocycles. The molecule has 2 heterocycles. The molecule has 2 aromatic heterocycles. The number of fused-ring (bicyclic) bond motifs is 3. The van der Waals surface area contributed by atoms with Crippen LogP contribution in [-0.2, 0) is 7.05 Å². The zero-order chi connectivity index (χ0) is 15.7. The van der Waals surface area contributed by atoms with Gasteiger partial charge in [0.2, 0.25) is 0 Å². The molecular weight excluding hydrogens is 268 g/mol. The van der Waals surface area contributed by atoms with Gasteiger partial charge in [0.25, 0.3) is 0 Å². The van der Waals surface area contributed by atoms with Crippen LogP contribution in [0.1, 0.15) is 19.4 Å². The Balaban J connectivity index is 2.20. The lowest BCUT2D eigenvalue weighted by atomic mass is 10.0. The van der Waals surface area contributed by atoms with Crippen molar-refractivity contribution in [3.63, 3.8) is 0 Å². The first-order valence-electron chi connectivity index (χ1n) is 7.44. The Morgan fingerprint density at radius 3 is 2.68 bits per heavy atom. The Labute approximate surface area is 131 Å². The number of hydrogen-bond acceptors (Lipinski definition) is 1. The van der Waals surface area contributed by atoms with E-state index in [0.717, 1.165) is 5.57 Å². The molecule has 2 nitrogen and oxygen atoms in total. The fraction of sp³-hybridized carbons (Fsp3) is 0.150. The molecule has 0 amide bonds. The summed E-state index contributed by atoms with van der Waals surface area (Å²) in [5.41, 5.74) is 5.90. The van der Waals surface area contributed by atoms with E-state index in [-0.39, 0.29) is 0 Å². The van der Waals surface area contributed by atoms with Gasteiger partial charge in [-0.25, -0.2) is 0 Å². The average Bonchev–Trinajstić information content (AvgIpc) is 2.81. The molecule has 1 aromatic carbocycles. The summed E-state index contributed by atoms with van der Waals surface area (Å²) >= 11 is 0. The zero-order valence-corrected chi connectivity index (χ0v) is 13.3. The summed E-state index contributed by atoms with van der Waals surface area (Å²) in [7, 11) is 2.10. The van der Waals surface area contributed by atoms with Crippen molar-refractivity contribution in [3.05, 3.63) is 72.6 Å². The Morgan fingerprint density at radius 1 is 1.14 bits per heavy atom. The fourth-order valence-corrected chi connectivity index (χ4v) is 2.82. The van der Waals surface area contributed by atoms with Crippen molar-refractivity contribution in [1.82, 2.24) is 9.55 Å². The third kappa shape index (κ3) is 2.37. The summed E-state index contributed by atoms with van der Waals surface area (Å²) in [5.74, 6) is 0. The Hall–Kier alpha value is -2.61. The number of pyridine rings is 1. The number of aryl methyl sites for hydroxylation is 1. The van der Waals surface area contributed by atoms with E-state index in [0.29, 0.717) is 0 Å². The van der Waals surface area contributed by atoms with E-state index in [4.69, 9.17) is 0 Å². The van der Waals surface area contributed by atoms with E-state index in [1.165, 1.54) is 32.9 Å². The number of nitrogens with zero attached hydrogens (tertiary/aromatic N) is 2. The molecule has 110 valence electrons. The van der Waals surface area contributed by atoms with Crippen molar-refractivity contribution in [2.24, 2.45) is 7.05 Å². The minimum absolute atomic E-state index is 1.05. The third-order valence-electron chi connectivity index (χ3n) is 4.00. The van der Waals surface area contributed by atoms with Gasteiger partial charge in [0.05, 0.1) is 5.52 Å². The largest absolute Gasteiger partial charge is 0.343 e. The highest BCUT2D eigenvalue weighted by Gasteiger charge is 2.09. The highest BCUT2D eigenvalue weighted by atomic mass is 14.9. The number of rotatable bonds is 3. The van der Waals surface area contributed by atoms with Gasteiger partial charge in [-0.15, -0.1) is 0 Å². The summed E-state index contributed by atoms with van der Waals surface area (Å²) in [4.78, 5) is 4.25. The van der Waals surface area contributed by atoms with Crippen LogP contribution < -0.4 is 0 Å². The van der Waals surface area contributed by atoms with Crippen LogP contribution in [0, 0.1) is 0 Å². The van der Waals surface area contributed by atoms with Crippen molar-refractivity contribution in [1.29, 1.82) is 0 Å². The Morgan fingerprint density at radius 2 is 1.95 bits per heavy atom. The molecule has 0 bridgehead atoms. The quantitative estimate of drug-likeness (QED) is 0.601. The maximum absolute atomic E-state index is 4.25. The van der Waals surface area contributed by atoms with Crippen LogP contribution in [0.2, 0.25) is 0 Å². The minimum Gasteiger partial charge on any atom is -0.343 e. The van der Waals surface area contributed by atoms with Crippen LogP contribution in [0.3, 0.4) is 0 Å². The number of aromatic nitrogens is 2.